The van der Waals surface area contributed by atoms with Crippen LogP contribution in [0.5, 0.6) is 0 Å². The highest BCUT2D eigenvalue weighted by Gasteiger charge is 2.17. The summed E-state index contributed by atoms with van der Waals surface area (Å²) in [6, 6.07) is 22.0. The van der Waals surface area contributed by atoms with Gasteiger partial charge in [0.2, 0.25) is 0 Å². The monoisotopic (exact) mass is 371 g/mol. The van der Waals surface area contributed by atoms with Crippen LogP contribution in [0.25, 0.3) is 0 Å². The van der Waals surface area contributed by atoms with Gasteiger partial charge in [-0.2, -0.15) is 5.26 Å². The van der Waals surface area contributed by atoms with Crippen LogP contribution in [-0.2, 0) is 17.9 Å². The standard InChI is InChI=1S/C24H25N3O/c1-3-15-27(16-4-2)24(28)23(17-25)20-26(18-21-11-7-5-8-12-21)19-22-13-9-6-10-14-22/h3-14,20H,1-2,15-16,18-19H2/b23-20-. The zero-order chi connectivity index (χ0) is 20.2. The number of nitrogens with zero attached hydrogens (tertiary/aromatic N) is 3. The van der Waals surface area contributed by atoms with E-state index >= 15 is 0 Å². The maximum absolute atomic E-state index is 12.8. The summed E-state index contributed by atoms with van der Waals surface area (Å²) in [5.41, 5.74) is 2.30. The SMILES string of the molecule is C=CCN(CC=C)C(=O)/C(C#N)=C\N(Cc1ccccc1)Cc1ccccc1. The highest BCUT2D eigenvalue weighted by atomic mass is 16.2. The molecule has 0 N–H and O–H groups in total. The summed E-state index contributed by atoms with van der Waals surface area (Å²) in [5.74, 6) is -0.326. The number of carbonyl (C=O) groups is 1. The Kier molecular flexibility index (Phi) is 8.29. The lowest BCUT2D eigenvalue weighted by Gasteiger charge is -2.23. The van der Waals surface area contributed by atoms with Gasteiger partial charge in [-0.3, -0.25) is 4.79 Å². The third-order valence-corrected chi connectivity index (χ3v) is 4.11. The maximum atomic E-state index is 12.8. The van der Waals surface area contributed by atoms with Crippen molar-refractivity contribution in [3.63, 3.8) is 0 Å². The van der Waals surface area contributed by atoms with E-state index in [0.717, 1.165) is 11.1 Å². The Bertz CT molecular complexity index is 799. The van der Waals surface area contributed by atoms with E-state index in [4.69, 9.17) is 0 Å². The van der Waals surface area contributed by atoms with Crippen molar-refractivity contribution in [1.29, 1.82) is 5.26 Å². The zero-order valence-corrected chi connectivity index (χ0v) is 16.0. The minimum Gasteiger partial charge on any atom is -0.367 e. The van der Waals surface area contributed by atoms with Crippen molar-refractivity contribution < 1.29 is 4.79 Å². The molecule has 0 heterocycles. The van der Waals surface area contributed by atoms with Gasteiger partial charge in [0.15, 0.2) is 0 Å². The van der Waals surface area contributed by atoms with Crippen molar-refractivity contribution in [2.45, 2.75) is 13.1 Å². The van der Waals surface area contributed by atoms with Crippen molar-refractivity contribution in [1.82, 2.24) is 9.80 Å². The smallest absolute Gasteiger partial charge is 0.266 e. The fraction of sp³-hybridized carbons (Fsp3) is 0.167. The van der Waals surface area contributed by atoms with Crippen LogP contribution in [-0.4, -0.2) is 28.8 Å². The van der Waals surface area contributed by atoms with Crippen LogP contribution in [0.15, 0.2) is 97.7 Å². The molecule has 0 unspecified atom stereocenters. The van der Waals surface area contributed by atoms with E-state index in [9.17, 15) is 10.1 Å². The van der Waals surface area contributed by atoms with Crippen LogP contribution in [0.4, 0.5) is 0 Å². The Labute approximate surface area is 167 Å². The van der Waals surface area contributed by atoms with E-state index in [0.29, 0.717) is 26.2 Å². The van der Waals surface area contributed by atoms with Gasteiger partial charge in [-0.05, 0) is 11.1 Å². The number of hydrogen-bond acceptors (Lipinski definition) is 3. The summed E-state index contributed by atoms with van der Waals surface area (Å²) >= 11 is 0. The molecule has 0 aliphatic carbocycles. The Balaban J connectivity index is 2.30. The highest BCUT2D eigenvalue weighted by molar-refractivity contribution is 5.97. The summed E-state index contributed by atoms with van der Waals surface area (Å²) in [6.45, 7) is 9.28. The molecular weight excluding hydrogens is 346 g/mol. The first-order valence-corrected chi connectivity index (χ1v) is 9.12. The number of rotatable bonds is 10. The van der Waals surface area contributed by atoms with Gasteiger partial charge in [0.25, 0.3) is 5.91 Å². The van der Waals surface area contributed by atoms with Crippen molar-refractivity contribution in [2.75, 3.05) is 13.1 Å². The quantitative estimate of drug-likeness (QED) is 0.355. The molecule has 0 atom stereocenters. The average Bonchev–Trinajstić information content (AvgIpc) is 2.72. The van der Waals surface area contributed by atoms with Crippen LogP contribution < -0.4 is 0 Å². The molecule has 2 rings (SSSR count). The van der Waals surface area contributed by atoms with Gasteiger partial charge in [-0.1, -0.05) is 72.8 Å². The molecule has 0 aliphatic heterocycles. The summed E-state index contributed by atoms with van der Waals surface area (Å²) < 4.78 is 0. The van der Waals surface area contributed by atoms with E-state index in [1.54, 1.807) is 18.4 Å². The van der Waals surface area contributed by atoms with Crippen molar-refractivity contribution in [3.8, 4) is 6.07 Å². The molecule has 0 aromatic heterocycles. The minimum atomic E-state index is -0.326. The Morgan fingerprint density at radius 2 is 1.36 bits per heavy atom. The van der Waals surface area contributed by atoms with Crippen molar-refractivity contribution in [2.24, 2.45) is 0 Å². The molecule has 0 saturated heterocycles. The predicted molar refractivity (Wildman–Crippen MR) is 113 cm³/mol. The van der Waals surface area contributed by atoms with E-state index in [1.165, 1.54) is 4.90 Å². The Morgan fingerprint density at radius 3 is 1.75 bits per heavy atom. The van der Waals surface area contributed by atoms with E-state index < -0.39 is 0 Å². The molecular formula is C24H25N3O. The second-order valence-electron chi connectivity index (χ2n) is 6.32. The van der Waals surface area contributed by atoms with Crippen LogP contribution in [0, 0.1) is 11.3 Å². The van der Waals surface area contributed by atoms with Crippen LogP contribution in [0.2, 0.25) is 0 Å². The fourth-order valence-electron chi connectivity index (χ4n) is 2.82. The lowest BCUT2D eigenvalue weighted by Crippen LogP contribution is -2.33. The molecule has 0 aliphatic rings. The molecule has 4 nitrogen and oxygen atoms in total. The number of benzene rings is 2. The first kappa shape index (κ1) is 20.7. The van der Waals surface area contributed by atoms with Crippen LogP contribution >= 0.6 is 0 Å². The lowest BCUT2D eigenvalue weighted by atomic mass is 10.1. The number of carbonyl (C=O) groups excluding carboxylic acids is 1. The summed E-state index contributed by atoms with van der Waals surface area (Å²) in [7, 11) is 0. The molecule has 0 radical (unpaired) electrons. The number of amides is 1. The molecule has 0 bridgehead atoms. The highest BCUT2D eigenvalue weighted by Crippen LogP contribution is 2.13. The summed E-state index contributed by atoms with van der Waals surface area (Å²) in [5, 5.41) is 9.62. The van der Waals surface area contributed by atoms with Gasteiger partial charge in [-0.15, -0.1) is 13.2 Å². The summed E-state index contributed by atoms with van der Waals surface area (Å²) in [4.78, 5) is 16.3. The van der Waals surface area contributed by atoms with Crippen LogP contribution in [0.3, 0.4) is 0 Å². The molecule has 1 amide bonds. The summed E-state index contributed by atoms with van der Waals surface area (Å²) in [6.07, 6.45) is 4.94. The van der Waals surface area contributed by atoms with Gasteiger partial charge in [-0.25, -0.2) is 0 Å². The maximum Gasteiger partial charge on any atom is 0.266 e. The Hall–Kier alpha value is -3.58. The molecule has 142 valence electrons. The fourth-order valence-corrected chi connectivity index (χ4v) is 2.82. The average molecular weight is 371 g/mol. The first-order valence-electron chi connectivity index (χ1n) is 9.12. The van der Waals surface area contributed by atoms with E-state index in [1.807, 2.05) is 65.6 Å². The Morgan fingerprint density at radius 1 is 0.893 bits per heavy atom. The second kappa shape index (κ2) is 11.2. The third-order valence-electron chi connectivity index (χ3n) is 4.11. The minimum absolute atomic E-state index is 0.0931. The molecule has 0 saturated carbocycles. The normalized spacial score (nSPS) is 10.6. The van der Waals surface area contributed by atoms with E-state index in [2.05, 4.69) is 19.2 Å². The van der Waals surface area contributed by atoms with E-state index in [-0.39, 0.29) is 11.5 Å². The topological polar surface area (TPSA) is 47.3 Å². The lowest BCUT2D eigenvalue weighted by molar-refractivity contribution is -0.125. The predicted octanol–water partition coefficient (Wildman–Crippen LogP) is 4.30. The third kappa shape index (κ3) is 6.30. The van der Waals surface area contributed by atoms with Gasteiger partial charge in [0, 0.05) is 32.4 Å². The van der Waals surface area contributed by atoms with Gasteiger partial charge >= 0.3 is 0 Å². The molecule has 28 heavy (non-hydrogen) atoms. The molecule has 0 spiro atoms. The first-order chi connectivity index (χ1) is 13.7. The molecule has 0 fully saturated rings. The largest absolute Gasteiger partial charge is 0.367 e. The molecule has 4 heteroatoms. The van der Waals surface area contributed by atoms with Crippen LogP contribution in [0.1, 0.15) is 11.1 Å². The second-order valence-corrected chi connectivity index (χ2v) is 6.32. The molecule has 2 aromatic rings. The number of hydrogen-bond donors (Lipinski definition) is 0. The number of nitriles is 1. The molecule has 2 aromatic carbocycles. The van der Waals surface area contributed by atoms with Gasteiger partial charge in [0.05, 0.1) is 0 Å². The zero-order valence-electron chi connectivity index (χ0n) is 16.0. The van der Waals surface area contributed by atoms with Gasteiger partial charge < -0.3 is 9.80 Å². The van der Waals surface area contributed by atoms with Crippen molar-refractivity contribution >= 4 is 5.91 Å². The van der Waals surface area contributed by atoms with Gasteiger partial charge in [0.1, 0.15) is 11.6 Å². The van der Waals surface area contributed by atoms with Crippen molar-refractivity contribution in [3.05, 3.63) is 109 Å².